The predicted molar refractivity (Wildman–Crippen MR) is 82.6 cm³/mol. The normalized spacial score (nSPS) is 20.4. The van der Waals surface area contributed by atoms with E-state index in [9.17, 15) is 9.90 Å². The lowest BCUT2D eigenvalue weighted by molar-refractivity contribution is -0.120. The monoisotopic (exact) mass is 300 g/mol. The topological polar surface area (TPSA) is 75.4 Å². The largest absolute Gasteiger partial charge is 0.440 e. The van der Waals surface area contributed by atoms with E-state index in [0.29, 0.717) is 24.4 Å². The second kappa shape index (κ2) is 5.09. The summed E-state index contributed by atoms with van der Waals surface area (Å²) in [6, 6.07) is 5.50. The molecule has 0 atom stereocenters. The molecule has 2 N–H and O–H groups in total. The molecule has 2 aromatic rings. The average Bonchev–Trinajstić information content (AvgIpc) is 3.11. The van der Waals surface area contributed by atoms with E-state index in [0.717, 1.165) is 42.7 Å². The van der Waals surface area contributed by atoms with Gasteiger partial charge in [0, 0.05) is 11.6 Å². The molecule has 5 heteroatoms. The van der Waals surface area contributed by atoms with Gasteiger partial charge in [0.25, 0.3) is 0 Å². The lowest BCUT2D eigenvalue weighted by Crippen LogP contribution is -2.30. The molecule has 22 heavy (non-hydrogen) atoms. The maximum absolute atomic E-state index is 12.1. The number of fused-ring (bicyclic) bond motifs is 1. The highest BCUT2D eigenvalue weighted by atomic mass is 16.3. The van der Waals surface area contributed by atoms with Crippen LogP contribution in [0, 0.1) is 0 Å². The van der Waals surface area contributed by atoms with Crippen LogP contribution in [0.15, 0.2) is 22.6 Å². The highest BCUT2D eigenvalue weighted by molar-refractivity contribution is 5.93. The summed E-state index contributed by atoms with van der Waals surface area (Å²) in [6.45, 7) is 0. The van der Waals surface area contributed by atoms with Gasteiger partial charge in [-0.05, 0) is 43.9 Å². The van der Waals surface area contributed by atoms with Crippen molar-refractivity contribution in [3.05, 3.63) is 24.1 Å². The smallest absolute Gasteiger partial charge is 0.227 e. The van der Waals surface area contributed by atoms with Gasteiger partial charge in [0.2, 0.25) is 5.91 Å². The molecule has 1 aromatic heterocycles. The zero-order chi connectivity index (χ0) is 15.2. The van der Waals surface area contributed by atoms with Gasteiger partial charge in [-0.1, -0.05) is 12.8 Å². The lowest BCUT2D eigenvalue weighted by atomic mass is 9.97. The Hall–Kier alpha value is -1.88. The van der Waals surface area contributed by atoms with E-state index in [1.165, 1.54) is 0 Å². The number of anilines is 1. The number of rotatable bonds is 4. The fraction of sp³-hybridized carbons (Fsp3) is 0.529. The Morgan fingerprint density at radius 3 is 2.86 bits per heavy atom. The van der Waals surface area contributed by atoms with Crippen molar-refractivity contribution in [3.8, 4) is 0 Å². The number of carbonyl (C=O) groups is 1. The number of nitrogens with zero attached hydrogens (tertiary/aromatic N) is 1. The molecular formula is C17H20N2O3. The van der Waals surface area contributed by atoms with Gasteiger partial charge in [0.05, 0.1) is 12.0 Å². The molecule has 5 nitrogen and oxygen atoms in total. The minimum Gasteiger partial charge on any atom is -0.440 e. The molecule has 0 unspecified atom stereocenters. The fourth-order valence-electron chi connectivity index (χ4n) is 3.24. The van der Waals surface area contributed by atoms with Crippen molar-refractivity contribution < 1.29 is 14.3 Å². The number of nitrogens with one attached hydrogen (secondary N) is 1. The maximum Gasteiger partial charge on any atom is 0.227 e. The number of hydrogen-bond acceptors (Lipinski definition) is 4. The molecule has 0 aliphatic heterocycles. The second-order valence-electron chi connectivity index (χ2n) is 6.67. The Morgan fingerprint density at radius 1 is 1.36 bits per heavy atom. The van der Waals surface area contributed by atoms with Crippen LogP contribution in [0.25, 0.3) is 11.1 Å². The van der Waals surface area contributed by atoms with Crippen molar-refractivity contribution >= 4 is 22.7 Å². The molecule has 1 heterocycles. The molecule has 0 bridgehead atoms. The van der Waals surface area contributed by atoms with Crippen molar-refractivity contribution in [2.75, 3.05) is 5.32 Å². The Balaban J connectivity index is 1.47. The third-order valence-corrected chi connectivity index (χ3v) is 4.64. The van der Waals surface area contributed by atoms with Gasteiger partial charge in [-0.15, -0.1) is 0 Å². The molecule has 2 aliphatic rings. The third-order valence-electron chi connectivity index (χ3n) is 4.64. The van der Waals surface area contributed by atoms with Crippen molar-refractivity contribution in [1.82, 2.24) is 4.98 Å². The van der Waals surface area contributed by atoms with Crippen LogP contribution in [-0.4, -0.2) is 21.6 Å². The second-order valence-corrected chi connectivity index (χ2v) is 6.67. The van der Waals surface area contributed by atoms with E-state index >= 15 is 0 Å². The van der Waals surface area contributed by atoms with Crippen molar-refractivity contribution in [2.24, 2.45) is 0 Å². The van der Waals surface area contributed by atoms with Crippen molar-refractivity contribution in [3.63, 3.8) is 0 Å². The van der Waals surface area contributed by atoms with Gasteiger partial charge in [-0.3, -0.25) is 4.79 Å². The SMILES string of the molecule is O=C(CC1(O)CCCC1)Nc1ccc2oc(C3CC3)nc2c1. The summed E-state index contributed by atoms with van der Waals surface area (Å²) in [5.74, 6) is 1.13. The van der Waals surface area contributed by atoms with E-state index in [4.69, 9.17) is 4.42 Å². The molecule has 116 valence electrons. The van der Waals surface area contributed by atoms with Crippen molar-refractivity contribution in [1.29, 1.82) is 0 Å². The Kier molecular flexibility index (Phi) is 3.18. The van der Waals surface area contributed by atoms with Gasteiger partial charge < -0.3 is 14.8 Å². The van der Waals surface area contributed by atoms with Crippen LogP contribution < -0.4 is 5.32 Å². The van der Waals surface area contributed by atoms with Gasteiger partial charge in [-0.2, -0.15) is 0 Å². The highest BCUT2D eigenvalue weighted by Crippen LogP contribution is 2.40. The van der Waals surface area contributed by atoms with E-state index < -0.39 is 5.60 Å². The van der Waals surface area contributed by atoms with Crippen LogP contribution in [0.4, 0.5) is 5.69 Å². The molecule has 1 amide bonds. The molecule has 0 saturated heterocycles. The summed E-state index contributed by atoms with van der Waals surface area (Å²) >= 11 is 0. The first-order valence-electron chi connectivity index (χ1n) is 8.04. The zero-order valence-corrected chi connectivity index (χ0v) is 12.5. The molecule has 2 saturated carbocycles. The number of benzene rings is 1. The number of amides is 1. The highest BCUT2D eigenvalue weighted by Gasteiger charge is 2.33. The van der Waals surface area contributed by atoms with Crippen LogP contribution in [0.1, 0.15) is 56.8 Å². The molecule has 2 fully saturated rings. The van der Waals surface area contributed by atoms with E-state index in [1.807, 2.05) is 18.2 Å². The first-order valence-corrected chi connectivity index (χ1v) is 8.04. The standard InChI is InChI=1S/C17H20N2O3/c20-15(10-17(21)7-1-2-8-17)18-12-5-6-14-13(9-12)19-16(22-14)11-3-4-11/h5-6,9,11,21H,1-4,7-8,10H2,(H,18,20). The summed E-state index contributed by atoms with van der Waals surface area (Å²) < 4.78 is 5.71. The number of aromatic nitrogens is 1. The minimum atomic E-state index is -0.818. The number of oxazole rings is 1. The van der Waals surface area contributed by atoms with E-state index in [-0.39, 0.29) is 12.3 Å². The van der Waals surface area contributed by atoms with E-state index in [2.05, 4.69) is 10.3 Å². The number of aliphatic hydroxyl groups is 1. The molecule has 2 aliphatic carbocycles. The van der Waals surface area contributed by atoms with Crippen LogP contribution in [0.2, 0.25) is 0 Å². The summed E-state index contributed by atoms with van der Waals surface area (Å²) in [4.78, 5) is 16.6. The first-order chi connectivity index (χ1) is 10.6. The van der Waals surface area contributed by atoms with E-state index in [1.54, 1.807) is 0 Å². The third kappa shape index (κ3) is 2.73. The van der Waals surface area contributed by atoms with Crippen LogP contribution >= 0.6 is 0 Å². The number of hydrogen-bond donors (Lipinski definition) is 2. The summed E-state index contributed by atoms with van der Waals surface area (Å²) in [7, 11) is 0. The molecule has 0 radical (unpaired) electrons. The van der Waals surface area contributed by atoms with Crippen LogP contribution in [-0.2, 0) is 4.79 Å². The predicted octanol–water partition coefficient (Wildman–Crippen LogP) is 3.34. The average molecular weight is 300 g/mol. The van der Waals surface area contributed by atoms with Crippen LogP contribution in [0.3, 0.4) is 0 Å². The molecule has 0 spiro atoms. The molecule has 4 rings (SSSR count). The summed E-state index contributed by atoms with van der Waals surface area (Å²) in [5, 5.41) is 13.2. The Labute approximate surface area is 128 Å². The fourth-order valence-corrected chi connectivity index (χ4v) is 3.24. The quantitative estimate of drug-likeness (QED) is 0.908. The molecule has 1 aromatic carbocycles. The summed E-state index contributed by atoms with van der Waals surface area (Å²) in [5.41, 5.74) is 1.42. The van der Waals surface area contributed by atoms with Crippen molar-refractivity contribution in [2.45, 2.75) is 56.5 Å². The lowest BCUT2D eigenvalue weighted by Gasteiger charge is -2.21. The maximum atomic E-state index is 12.1. The minimum absolute atomic E-state index is 0.144. The number of carbonyl (C=O) groups excluding carboxylic acids is 1. The van der Waals surface area contributed by atoms with Gasteiger partial charge in [-0.25, -0.2) is 4.98 Å². The van der Waals surface area contributed by atoms with Gasteiger partial charge in [0.15, 0.2) is 11.5 Å². The first kappa shape index (κ1) is 13.8. The Morgan fingerprint density at radius 2 is 2.14 bits per heavy atom. The zero-order valence-electron chi connectivity index (χ0n) is 12.5. The summed E-state index contributed by atoms with van der Waals surface area (Å²) in [6.07, 6.45) is 5.89. The van der Waals surface area contributed by atoms with Gasteiger partial charge >= 0.3 is 0 Å². The molecular weight excluding hydrogens is 280 g/mol. The van der Waals surface area contributed by atoms with Gasteiger partial charge in [0.1, 0.15) is 5.52 Å². The van der Waals surface area contributed by atoms with Crippen LogP contribution in [0.5, 0.6) is 0 Å². The Bertz CT molecular complexity index is 712.